The minimum atomic E-state index is 0.301. The van der Waals surface area contributed by atoms with Crippen LogP contribution in [0.15, 0.2) is 36.4 Å². The molecular weight excluding hydrogens is 495 g/mol. The van der Waals surface area contributed by atoms with E-state index in [1.165, 1.54) is 0 Å². The highest BCUT2D eigenvalue weighted by molar-refractivity contribution is 6.31. The third-order valence-corrected chi connectivity index (χ3v) is 7.33. The van der Waals surface area contributed by atoms with E-state index in [0.717, 1.165) is 76.6 Å². The molecule has 0 bridgehead atoms. The van der Waals surface area contributed by atoms with Crippen molar-refractivity contribution in [1.82, 2.24) is 19.6 Å². The molecule has 0 aliphatic carbocycles. The Morgan fingerprint density at radius 1 is 0.528 bits per heavy atom. The van der Waals surface area contributed by atoms with Crippen molar-refractivity contribution in [3.63, 3.8) is 0 Å². The highest BCUT2D eigenvalue weighted by atomic mass is 35.5. The number of benzene rings is 2. The fraction of sp³-hybridized carbons (Fsp3) is 0.571. The van der Waals surface area contributed by atoms with Crippen molar-refractivity contribution in [3.8, 4) is 11.5 Å². The predicted molar refractivity (Wildman–Crippen MR) is 152 cm³/mol. The molecule has 6 nitrogen and oxygen atoms in total. The highest BCUT2D eigenvalue weighted by Crippen LogP contribution is 2.24. The summed E-state index contributed by atoms with van der Waals surface area (Å²) in [5.74, 6) is 0.603. The van der Waals surface area contributed by atoms with Crippen molar-refractivity contribution in [2.45, 2.75) is 40.8 Å². The Labute approximate surface area is 228 Å². The molecule has 0 aliphatic heterocycles. The van der Waals surface area contributed by atoms with Crippen molar-refractivity contribution in [2.24, 2.45) is 0 Å². The van der Waals surface area contributed by atoms with Gasteiger partial charge in [0.25, 0.3) is 0 Å². The molecule has 2 rings (SSSR count). The van der Waals surface area contributed by atoms with Gasteiger partial charge in [-0.1, -0.05) is 50.9 Å². The van der Waals surface area contributed by atoms with Crippen LogP contribution in [0.5, 0.6) is 11.5 Å². The molecule has 202 valence electrons. The predicted octanol–water partition coefficient (Wildman–Crippen LogP) is 5.39. The minimum absolute atomic E-state index is 0.301. The van der Waals surface area contributed by atoms with E-state index < -0.39 is 0 Å². The fourth-order valence-electron chi connectivity index (χ4n) is 4.25. The van der Waals surface area contributed by atoms with Gasteiger partial charge in [-0.25, -0.2) is 0 Å². The van der Waals surface area contributed by atoms with Crippen molar-refractivity contribution >= 4 is 23.2 Å². The Kier molecular flexibility index (Phi) is 13.9. The van der Waals surface area contributed by atoms with Crippen LogP contribution in [0.2, 0.25) is 10.0 Å². The van der Waals surface area contributed by atoms with Gasteiger partial charge in [-0.15, -0.1) is 0 Å². The van der Waals surface area contributed by atoms with E-state index in [1.807, 2.05) is 12.1 Å². The van der Waals surface area contributed by atoms with E-state index in [9.17, 15) is 10.2 Å². The largest absolute Gasteiger partial charge is 0.508 e. The molecule has 0 atom stereocenters. The Morgan fingerprint density at radius 3 is 1.14 bits per heavy atom. The average molecular weight is 540 g/mol. The molecule has 0 unspecified atom stereocenters. The molecule has 0 amide bonds. The van der Waals surface area contributed by atoms with Crippen molar-refractivity contribution < 1.29 is 10.2 Å². The van der Waals surface area contributed by atoms with Gasteiger partial charge in [-0.05, 0) is 62.6 Å². The van der Waals surface area contributed by atoms with Crippen molar-refractivity contribution in [1.29, 1.82) is 0 Å². The van der Waals surface area contributed by atoms with Crippen molar-refractivity contribution in [2.75, 3.05) is 65.4 Å². The van der Waals surface area contributed by atoms with Gasteiger partial charge in [0.15, 0.2) is 0 Å². The maximum atomic E-state index is 10.2. The number of likely N-dealkylation sites (N-methyl/N-ethyl adjacent to an activating group) is 4. The van der Waals surface area contributed by atoms with E-state index in [1.54, 1.807) is 24.3 Å². The summed E-state index contributed by atoms with van der Waals surface area (Å²) in [6.07, 6.45) is 0. The molecule has 0 spiro atoms. The van der Waals surface area contributed by atoms with Gasteiger partial charge in [0, 0.05) is 73.5 Å². The Bertz CT molecular complexity index is 842. The van der Waals surface area contributed by atoms with E-state index >= 15 is 0 Å². The minimum Gasteiger partial charge on any atom is -0.508 e. The molecule has 0 aromatic heterocycles. The van der Waals surface area contributed by atoms with Gasteiger partial charge in [0.2, 0.25) is 0 Å². The molecule has 36 heavy (non-hydrogen) atoms. The summed E-state index contributed by atoms with van der Waals surface area (Å²) < 4.78 is 0. The smallest absolute Gasteiger partial charge is 0.120 e. The SMILES string of the molecule is CCN(CCN(CC)CCN(CC)Cc1cc(Cl)ccc1O)CCN(CC)Cc1cc(Cl)ccc1O. The zero-order chi connectivity index (χ0) is 26.5. The lowest BCUT2D eigenvalue weighted by atomic mass is 10.2. The van der Waals surface area contributed by atoms with Gasteiger partial charge in [-0.2, -0.15) is 0 Å². The summed E-state index contributed by atoms with van der Waals surface area (Å²) in [4.78, 5) is 9.67. The van der Waals surface area contributed by atoms with Gasteiger partial charge >= 0.3 is 0 Å². The maximum Gasteiger partial charge on any atom is 0.120 e. The lowest BCUT2D eigenvalue weighted by Gasteiger charge is -2.30. The Balaban J connectivity index is 1.81. The zero-order valence-electron chi connectivity index (χ0n) is 22.4. The normalized spacial score (nSPS) is 11.9. The number of nitrogens with zero attached hydrogens (tertiary/aromatic N) is 4. The molecule has 2 aromatic carbocycles. The standard InChI is InChI=1S/C28H44Cl2N4O2/c1-5-31(15-17-33(7-3)21-23-19-25(29)9-11-27(23)35)13-14-32(6-2)16-18-34(8-4)22-24-20-26(30)10-12-28(24)36/h9-12,19-20,35-36H,5-8,13-18,21-22H2,1-4H3. The van der Waals surface area contributed by atoms with Crippen LogP contribution in [0, 0.1) is 0 Å². The summed E-state index contributed by atoms with van der Waals surface area (Å²) in [6.45, 7) is 19.8. The number of phenols is 2. The molecule has 8 heteroatoms. The second-order valence-corrected chi connectivity index (χ2v) is 10.0. The van der Waals surface area contributed by atoms with Crippen LogP contribution in [0.4, 0.5) is 0 Å². The molecule has 2 N–H and O–H groups in total. The zero-order valence-corrected chi connectivity index (χ0v) is 23.9. The monoisotopic (exact) mass is 538 g/mol. The number of halogens is 2. The van der Waals surface area contributed by atoms with Crippen molar-refractivity contribution in [3.05, 3.63) is 57.6 Å². The van der Waals surface area contributed by atoms with E-state index in [4.69, 9.17) is 23.2 Å². The molecule has 0 saturated carbocycles. The average Bonchev–Trinajstić information content (AvgIpc) is 2.87. The van der Waals surface area contributed by atoms with Gasteiger partial charge in [-0.3, -0.25) is 9.80 Å². The summed E-state index contributed by atoms with van der Waals surface area (Å²) in [6, 6.07) is 10.5. The van der Waals surface area contributed by atoms with Gasteiger partial charge in [0.05, 0.1) is 0 Å². The van der Waals surface area contributed by atoms with Crippen LogP contribution in [0.1, 0.15) is 38.8 Å². The first-order valence-corrected chi connectivity index (χ1v) is 13.9. The van der Waals surface area contributed by atoms with E-state index in [-0.39, 0.29) is 0 Å². The molecule has 0 radical (unpaired) electrons. The molecule has 0 heterocycles. The molecule has 0 saturated heterocycles. The van der Waals surface area contributed by atoms with E-state index in [2.05, 4.69) is 47.3 Å². The maximum absolute atomic E-state index is 10.2. The Morgan fingerprint density at radius 2 is 0.833 bits per heavy atom. The van der Waals surface area contributed by atoms with Crippen LogP contribution in [-0.4, -0.2) is 95.3 Å². The highest BCUT2D eigenvalue weighted by Gasteiger charge is 2.13. The number of rotatable bonds is 17. The lowest BCUT2D eigenvalue weighted by molar-refractivity contribution is 0.167. The van der Waals surface area contributed by atoms with Crippen LogP contribution in [0.25, 0.3) is 0 Å². The second-order valence-electron chi connectivity index (χ2n) is 9.15. The summed E-state index contributed by atoms with van der Waals surface area (Å²) in [5.41, 5.74) is 1.74. The van der Waals surface area contributed by atoms with Crippen LogP contribution >= 0.6 is 23.2 Å². The summed E-state index contributed by atoms with van der Waals surface area (Å²) in [5, 5.41) is 21.6. The van der Waals surface area contributed by atoms with Gasteiger partial charge < -0.3 is 20.0 Å². The molecular formula is C28H44Cl2N4O2. The first kappa shape index (κ1) is 30.7. The van der Waals surface area contributed by atoms with Crippen LogP contribution < -0.4 is 0 Å². The summed E-state index contributed by atoms with van der Waals surface area (Å²) in [7, 11) is 0. The summed E-state index contributed by atoms with van der Waals surface area (Å²) >= 11 is 12.2. The molecule has 2 aromatic rings. The fourth-order valence-corrected chi connectivity index (χ4v) is 4.64. The number of hydrogen-bond acceptors (Lipinski definition) is 6. The van der Waals surface area contributed by atoms with Gasteiger partial charge in [0.1, 0.15) is 11.5 Å². The molecule has 0 aliphatic rings. The second kappa shape index (κ2) is 16.3. The van der Waals surface area contributed by atoms with Crippen LogP contribution in [-0.2, 0) is 13.1 Å². The number of hydrogen-bond donors (Lipinski definition) is 2. The van der Waals surface area contributed by atoms with Crippen LogP contribution in [0.3, 0.4) is 0 Å². The first-order chi connectivity index (χ1) is 17.3. The van der Waals surface area contributed by atoms with E-state index in [0.29, 0.717) is 34.6 Å². The topological polar surface area (TPSA) is 53.4 Å². The third kappa shape index (κ3) is 10.4. The third-order valence-electron chi connectivity index (χ3n) is 6.86. The Hall–Kier alpha value is -1.54. The molecule has 0 fully saturated rings. The first-order valence-electron chi connectivity index (χ1n) is 13.1. The number of aromatic hydroxyl groups is 2. The number of phenolic OH excluding ortho intramolecular Hbond substituents is 2. The lowest BCUT2D eigenvalue weighted by Crippen LogP contribution is -2.41. The quantitative estimate of drug-likeness (QED) is 0.281.